The van der Waals surface area contributed by atoms with Crippen LogP contribution in [0.2, 0.25) is 5.15 Å². The predicted molar refractivity (Wildman–Crippen MR) is 104 cm³/mol. The van der Waals surface area contributed by atoms with Gasteiger partial charge in [0.15, 0.2) is 22.3 Å². The van der Waals surface area contributed by atoms with Crippen LogP contribution in [0, 0.1) is 0 Å². The summed E-state index contributed by atoms with van der Waals surface area (Å²) in [4.78, 5) is 17.7. The van der Waals surface area contributed by atoms with E-state index in [0.717, 1.165) is 22.5 Å². The Morgan fingerprint density at radius 3 is 2.48 bits per heavy atom. The lowest BCUT2D eigenvalue weighted by Crippen LogP contribution is -2.46. The molecule has 3 aromatic rings. The maximum absolute atomic E-state index is 14.1. The van der Waals surface area contributed by atoms with E-state index < -0.39 is 41.7 Å². The molecule has 3 aromatic heterocycles. The van der Waals surface area contributed by atoms with Crippen LogP contribution < -0.4 is 15.5 Å². The van der Waals surface area contributed by atoms with Crippen LogP contribution >= 0.6 is 11.6 Å². The third kappa shape index (κ3) is 3.65. The van der Waals surface area contributed by atoms with Crippen LogP contribution in [0.5, 0.6) is 0 Å². The SMILES string of the molecule is CNc1nnc(C(F)(F)F)cc1NC(=O)N1C[C@@](C)(C(F)(F)F)c2c1cnc1cc(Cl)nn21. The number of aromatic nitrogens is 5. The lowest BCUT2D eigenvalue weighted by molar-refractivity contribution is -0.181. The van der Waals surface area contributed by atoms with Crippen molar-refractivity contribution in [2.75, 3.05) is 29.1 Å². The maximum Gasteiger partial charge on any atom is 0.435 e. The molecule has 33 heavy (non-hydrogen) atoms. The number of amides is 2. The highest BCUT2D eigenvalue weighted by Gasteiger charge is 2.60. The molecule has 2 N–H and O–H groups in total. The third-order valence-corrected chi connectivity index (χ3v) is 5.34. The molecule has 0 aliphatic carbocycles. The summed E-state index contributed by atoms with van der Waals surface area (Å²) in [5.74, 6) is -0.221. The third-order valence-electron chi connectivity index (χ3n) is 5.16. The molecule has 176 valence electrons. The number of hydrogen-bond donors (Lipinski definition) is 2. The molecule has 0 unspecified atom stereocenters. The summed E-state index contributed by atoms with van der Waals surface area (Å²) in [5, 5.41) is 14.8. The quantitative estimate of drug-likeness (QED) is 0.520. The van der Waals surface area contributed by atoms with Crippen molar-refractivity contribution in [3.8, 4) is 0 Å². The molecule has 0 fully saturated rings. The molecular weight excluding hydrogens is 482 g/mol. The van der Waals surface area contributed by atoms with Gasteiger partial charge in [0.05, 0.1) is 23.3 Å². The minimum atomic E-state index is -4.86. The zero-order valence-corrected chi connectivity index (χ0v) is 17.4. The number of carbonyl (C=O) groups excluding carboxylic acids is 1. The van der Waals surface area contributed by atoms with Gasteiger partial charge in [0.2, 0.25) is 0 Å². The van der Waals surface area contributed by atoms with Gasteiger partial charge in [0.25, 0.3) is 0 Å². The van der Waals surface area contributed by atoms with E-state index in [9.17, 15) is 31.1 Å². The standard InChI is InChI=1S/C17H13ClF6N8O/c1-15(17(22,23)24)6-31(8-5-26-11-4-10(18)30-32(11)12(8)15)14(33)27-7-3-9(16(19,20)21)28-29-13(7)25-2/h3-5H,6H2,1-2H3,(H,25,29)(H,27,28,33)/t15-/m1/s1. The average molecular weight is 495 g/mol. The number of fused-ring (bicyclic) bond motifs is 3. The number of nitrogens with zero attached hydrogens (tertiary/aromatic N) is 6. The molecule has 16 heteroatoms. The lowest BCUT2D eigenvalue weighted by Gasteiger charge is -2.28. The highest BCUT2D eigenvalue weighted by Crippen LogP contribution is 2.50. The van der Waals surface area contributed by atoms with E-state index in [4.69, 9.17) is 11.6 Å². The van der Waals surface area contributed by atoms with Gasteiger partial charge in [-0.1, -0.05) is 11.6 Å². The van der Waals surface area contributed by atoms with Crippen molar-refractivity contribution < 1.29 is 31.1 Å². The summed E-state index contributed by atoms with van der Waals surface area (Å²) in [6.45, 7) is -0.00160. The molecule has 1 aliphatic heterocycles. The Hall–Kier alpha value is -3.36. The Kier molecular flexibility index (Phi) is 5.07. The van der Waals surface area contributed by atoms with E-state index in [1.54, 1.807) is 0 Å². The molecule has 1 aliphatic rings. The van der Waals surface area contributed by atoms with Crippen molar-refractivity contribution in [2.45, 2.75) is 24.7 Å². The zero-order chi connectivity index (χ0) is 24.3. The van der Waals surface area contributed by atoms with Crippen molar-refractivity contribution in [1.29, 1.82) is 0 Å². The number of rotatable bonds is 2. The van der Waals surface area contributed by atoms with Gasteiger partial charge in [-0.15, -0.1) is 10.2 Å². The molecule has 1 atom stereocenters. The van der Waals surface area contributed by atoms with Crippen LogP contribution in [0.3, 0.4) is 0 Å². The van der Waals surface area contributed by atoms with E-state index >= 15 is 0 Å². The molecule has 4 heterocycles. The number of carbonyl (C=O) groups is 1. The summed E-state index contributed by atoms with van der Waals surface area (Å²) in [6.07, 6.45) is -8.63. The Bertz CT molecular complexity index is 1260. The topological polar surface area (TPSA) is 100 Å². The minimum Gasteiger partial charge on any atom is -0.370 e. The second-order valence-electron chi connectivity index (χ2n) is 7.31. The highest BCUT2D eigenvalue weighted by atomic mass is 35.5. The fraction of sp³-hybridized carbons (Fsp3) is 0.353. The Morgan fingerprint density at radius 2 is 1.88 bits per heavy atom. The van der Waals surface area contributed by atoms with Gasteiger partial charge in [-0.25, -0.2) is 14.3 Å². The van der Waals surface area contributed by atoms with Gasteiger partial charge in [0, 0.05) is 19.7 Å². The first-order valence-electron chi connectivity index (χ1n) is 9.09. The van der Waals surface area contributed by atoms with Crippen LogP contribution in [0.4, 0.5) is 48.3 Å². The number of hydrogen-bond acceptors (Lipinski definition) is 6. The summed E-state index contributed by atoms with van der Waals surface area (Å²) in [6, 6.07) is 0.633. The van der Waals surface area contributed by atoms with Crippen molar-refractivity contribution >= 4 is 40.5 Å². The van der Waals surface area contributed by atoms with E-state index in [-0.39, 0.29) is 28.0 Å². The van der Waals surface area contributed by atoms with Crippen LogP contribution in [-0.2, 0) is 11.6 Å². The van der Waals surface area contributed by atoms with Gasteiger partial charge in [-0.3, -0.25) is 4.90 Å². The first kappa shape index (κ1) is 22.8. The normalized spacial score (nSPS) is 18.5. The molecule has 2 amide bonds. The van der Waals surface area contributed by atoms with E-state index in [2.05, 4.69) is 30.9 Å². The summed E-state index contributed by atoms with van der Waals surface area (Å²) in [5.41, 5.74) is -4.99. The summed E-state index contributed by atoms with van der Waals surface area (Å²) < 4.78 is 82.3. The number of halogens is 7. The predicted octanol–water partition coefficient (Wildman–Crippen LogP) is 4.11. The Morgan fingerprint density at radius 1 is 1.18 bits per heavy atom. The Balaban J connectivity index is 1.79. The van der Waals surface area contributed by atoms with E-state index in [0.29, 0.717) is 6.07 Å². The largest absolute Gasteiger partial charge is 0.435 e. The first-order chi connectivity index (χ1) is 15.3. The zero-order valence-electron chi connectivity index (χ0n) is 16.7. The van der Waals surface area contributed by atoms with Gasteiger partial charge in [-0.05, 0) is 13.0 Å². The number of anilines is 3. The summed E-state index contributed by atoms with van der Waals surface area (Å²) >= 11 is 5.83. The molecule has 0 spiro atoms. The molecule has 0 bridgehead atoms. The highest BCUT2D eigenvalue weighted by molar-refractivity contribution is 6.29. The minimum absolute atomic E-state index is 0.0297. The van der Waals surface area contributed by atoms with Crippen LogP contribution in [0.25, 0.3) is 5.65 Å². The van der Waals surface area contributed by atoms with Crippen molar-refractivity contribution in [2.24, 2.45) is 0 Å². The van der Waals surface area contributed by atoms with Gasteiger partial charge >= 0.3 is 18.4 Å². The molecule has 0 aromatic carbocycles. The van der Waals surface area contributed by atoms with Crippen molar-refractivity contribution in [3.05, 3.63) is 34.9 Å². The smallest absolute Gasteiger partial charge is 0.370 e. The van der Waals surface area contributed by atoms with Crippen molar-refractivity contribution in [3.63, 3.8) is 0 Å². The van der Waals surface area contributed by atoms with Crippen LogP contribution in [-0.4, -0.2) is 50.6 Å². The van der Waals surface area contributed by atoms with Gasteiger partial charge in [0.1, 0.15) is 5.41 Å². The molecule has 0 radical (unpaired) electrons. The average Bonchev–Trinajstić information content (AvgIpc) is 3.24. The first-order valence-corrected chi connectivity index (χ1v) is 9.47. The number of alkyl halides is 6. The molecular formula is C17H13ClF6N8O. The monoisotopic (exact) mass is 494 g/mol. The lowest BCUT2D eigenvalue weighted by atomic mass is 9.88. The second-order valence-corrected chi connectivity index (χ2v) is 7.70. The second kappa shape index (κ2) is 7.33. The molecule has 4 rings (SSSR count). The van der Waals surface area contributed by atoms with Crippen LogP contribution in [0.15, 0.2) is 18.3 Å². The van der Waals surface area contributed by atoms with Crippen LogP contribution in [0.1, 0.15) is 18.3 Å². The maximum atomic E-state index is 14.1. The number of nitrogens with one attached hydrogen (secondary N) is 2. The van der Waals surface area contributed by atoms with E-state index in [1.807, 2.05) is 0 Å². The van der Waals surface area contributed by atoms with Gasteiger partial charge in [-0.2, -0.15) is 31.4 Å². The fourth-order valence-corrected chi connectivity index (χ4v) is 3.66. The molecule has 0 saturated heterocycles. The summed E-state index contributed by atoms with van der Waals surface area (Å²) in [7, 11) is 1.32. The van der Waals surface area contributed by atoms with Crippen molar-refractivity contribution in [1.82, 2.24) is 24.8 Å². The fourth-order valence-electron chi connectivity index (χ4n) is 3.48. The number of urea groups is 1. The van der Waals surface area contributed by atoms with E-state index in [1.165, 1.54) is 13.1 Å². The molecule has 0 saturated carbocycles. The Labute approximate surface area is 185 Å². The van der Waals surface area contributed by atoms with Gasteiger partial charge < -0.3 is 10.6 Å². The molecule has 9 nitrogen and oxygen atoms in total.